The fraction of sp³-hybridized carbons (Fsp3) is 0.600. The van der Waals surface area contributed by atoms with Gasteiger partial charge in [0.1, 0.15) is 5.84 Å². The van der Waals surface area contributed by atoms with Crippen molar-refractivity contribution in [1.82, 2.24) is 0 Å². The Balaban J connectivity index is 0. The van der Waals surface area contributed by atoms with E-state index in [0.29, 0.717) is 0 Å². The van der Waals surface area contributed by atoms with Crippen molar-refractivity contribution in [2.24, 2.45) is 9.98 Å². The maximum atomic E-state index is 3.99. The van der Waals surface area contributed by atoms with Gasteiger partial charge in [0.05, 0.1) is 0 Å². The Hall–Kier alpha value is -0.920. The van der Waals surface area contributed by atoms with E-state index in [1.165, 1.54) is 0 Å². The molecule has 0 aromatic rings. The molecule has 2 nitrogen and oxygen atoms in total. The van der Waals surface area contributed by atoms with E-state index in [9.17, 15) is 0 Å². The number of aliphatic imine (C=N–C) groups is 2. The fourth-order valence-corrected chi connectivity index (χ4v) is 0.500. The van der Waals surface area contributed by atoms with Gasteiger partial charge in [-0.15, -0.1) is 0 Å². The molecule has 0 atom stereocenters. The van der Waals surface area contributed by atoms with E-state index >= 15 is 0 Å². The number of nitrogens with zero attached hydrogens (tertiary/aromatic N) is 2. The van der Waals surface area contributed by atoms with Gasteiger partial charge in [-0.1, -0.05) is 33.8 Å². The molecule has 2 heteroatoms. The Labute approximate surface area is 76.1 Å². The van der Waals surface area contributed by atoms with Crippen LogP contribution in [0.4, 0.5) is 0 Å². The minimum atomic E-state index is 0.832. The van der Waals surface area contributed by atoms with E-state index in [-0.39, 0.29) is 0 Å². The highest BCUT2D eigenvalue weighted by molar-refractivity contribution is 5.88. The van der Waals surface area contributed by atoms with Gasteiger partial charge < -0.3 is 0 Å². The van der Waals surface area contributed by atoms with Crippen LogP contribution in [0.5, 0.6) is 0 Å². The van der Waals surface area contributed by atoms with Gasteiger partial charge in [0.25, 0.3) is 0 Å². The van der Waals surface area contributed by atoms with Crippen LogP contribution < -0.4 is 0 Å². The zero-order valence-electron chi connectivity index (χ0n) is 8.83. The van der Waals surface area contributed by atoms with Gasteiger partial charge in [0, 0.05) is 18.8 Å². The molecular formula is C10H20N2. The van der Waals surface area contributed by atoms with Crippen molar-refractivity contribution in [3.63, 3.8) is 0 Å². The molecule has 0 saturated heterocycles. The molecule has 0 aliphatic carbocycles. The van der Waals surface area contributed by atoms with E-state index in [4.69, 9.17) is 0 Å². The van der Waals surface area contributed by atoms with E-state index in [1.54, 1.807) is 6.20 Å². The van der Waals surface area contributed by atoms with Gasteiger partial charge >= 0.3 is 0 Å². The first-order valence-corrected chi connectivity index (χ1v) is 4.61. The van der Waals surface area contributed by atoms with Crippen LogP contribution in [0.15, 0.2) is 22.3 Å². The number of rotatable bonds is 0. The van der Waals surface area contributed by atoms with Gasteiger partial charge in [-0.3, -0.25) is 0 Å². The predicted molar refractivity (Wildman–Crippen MR) is 58.1 cm³/mol. The van der Waals surface area contributed by atoms with Gasteiger partial charge in [-0.2, -0.15) is 0 Å². The van der Waals surface area contributed by atoms with Crippen LogP contribution >= 0.6 is 0 Å². The Morgan fingerprint density at radius 2 is 1.75 bits per heavy atom. The molecule has 0 N–H and O–H groups in total. The third kappa shape index (κ3) is 9.08. The monoisotopic (exact) mass is 168 g/mol. The highest BCUT2D eigenvalue weighted by Gasteiger charge is 1.82. The van der Waals surface area contributed by atoms with Crippen LogP contribution in [-0.4, -0.2) is 12.1 Å². The molecule has 0 aromatic heterocycles. The quantitative estimate of drug-likeness (QED) is 0.529. The van der Waals surface area contributed by atoms with Crippen LogP contribution in [0, 0.1) is 0 Å². The molecule has 0 saturated carbocycles. The molecule has 0 aromatic carbocycles. The molecule has 1 rings (SSSR count). The van der Waals surface area contributed by atoms with E-state index in [2.05, 4.69) is 9.98 Å². The maximum Gasteiger partial charge on any atom is 0.124 e. The minimum absolute atomic E-state index is 0.832. The highest BCUT2D eigenvalue weighted by atomic mass is 14.9. The van der Waals surface area contributed by atoms with E-state index in [0.717, 1.165) is 12.3 Å². The first kappa shape index (κ1) is 13.7. The van der Waals surface area contributed by atoms with Crippen LogP contribution in [0.25, 0.3) is 0 Å². The molecular weight excluding hydrogens is 148 g/mol. The summed E-state index contributed by atoms with van der Waals surface area (Å²) in [7, 11) is 0. The summed E-state index contributed by atoms with van der Waals surface area (Å²) >= 11 is 0. The molecule has 1 aliphatic heterocycles. The molecule has 0 radical (unpaired) electrons. The normalized spacial score (nSPS) is 12.9. The third-order valence-corrected chi connectivity index (χ3v) is 0.886. The van der Waals surface area contributed by atoms with Crippen molar-refractivity contribution in [2.45, 2.75) is 41.0 Å². The second-order valence-electron chi connectivity index (χ2n) is 1.61. The molecule has 0 unspecified atom stereocenters. The summed E-state index contributed by atoms with van der Waals surface area (Å²) in [6, 6.07) is 0. The lowest BCUT2D eigenvalue weighted by atomic mass is 10.4. The fourth-order valence-electron chi connectivity index (χ4n) is 0.500. The van der Waals surface area contributed by atoms with Crippen molar-refractivity contribution < 1.29 is 0 Å². The molecule has 1 heterocycles. The zero-order chi connectivity index (χ0) is 9.82. The second-order valence-corrected chi connectivity index (χ2v) is 1.61. The van der Waals surface area contributed by atoms with Gasteiger partial charge in [0.2, 0.25) is 0 Å². The predicted octanol–water partition coefficient (Wildman–Crippen LogP) is 3.45. The minimum Gasteiger partial charge on any atom is -0.246 e. The molecule has 0 amide bonds. The van der Waals surface area contributed by atoms with Crippen molar-refractivity contribution in [1.29, 1.82) is 0 Å². The van der Waals surface area contributed by atoms with Gasteiger partial charge in [0.15, 0.2) is 0 Å². The summed E-state index contributed by atoms with van der Waals surface area (Å²) in [4.78, 5) is 7.95. The first-order valence-electron chi connectivity index (χ1n) is 4.61. The van der Waals surface area contributed by atoms with Gasteiger partial charge in [-0.25, -0.2) is 9.98 Å². The Morgan fingerprint density at radius 3 is 2.33 bits per heavy atom. The van der Waals surface area contributed by atoms with Crippen molar-refractivity contribution >= 4 is 12.1 Å². The molecule has 12 heavy (non-hydrogen) atoms. The standard InChI is InChI=1S/C6H8N2.2C2H6/c1-6-7-4-2-3-5-8-6;2*1-2/h2,4-5H,3H2,1H3;2*1-2H3. The maximum absolute atomic E-state index is 3.99. The smallest absolute Gasteiger partial charge is 0.124 e. The Morgan fingerprint density at radius 1 is 1.17 bits per heavy atom. The summed E-state index contributed by atoms with van der Waals surface area (Å²) in [5.74, 6) is 0.832. The lowest BCUT2D eigenvalue weighted by molar-refractivity contribution is 1.47. The molecule has 70 valence electrons. The number of allylic oxidation sites excluding steroid dienone is 1. The topological polar surface area (TPSA) is 24.7 Å². The van der Waals surface area contributed by atoms with Crippen LogP contribution in [0.2, 0.25) is 0 Å². The number of hydrogen-bond acceptors (Lipinski definition) is 2. The summed E-state index contributed by atoms with van der Waals surface area (Å²) in [5.41, 5.74) is 0. The first-order chi connectivity index (χ1) is 5.89. The van der Waals surface area contributed by atoms with Crippen LogP contribution in [-0.2, 0) is 0 Å². The van der Waals surface area contributed by atoms with Crippen molar-refractivity contribution in [3.8, 4) is 0 Å². The SMILES string of the molecule is CC.CC.CC1=NC=CCC=N1. The summed E-state index contributed by atoms with van der Waals surface area (Å²) < 4.78 is 0. The van der Waals surface area contributed by atoms with Crippen molar-refractivity contribution in [2.75, 3.05) is 0 Å². The molecule has 0 bridgehead atoms. The molecule has 0 spiro atoms. The zero-order valence-corrected chi connectivity index (χ0v) is 8.83. The average molecular weight is 168 g/mol. The summed E-state index contributed by atoms with van der Waals surface area (Å²) in [5, 5.41) is 0. The Bertz CT molecular complexity index is 155. The molecule has 0 fully saturated rings. The lowest BCUT2D eigenvalue weighted by Gasteiger charge is -1.80. The number of amidine groups is 1. The third-order valence-electron chi connectivity index (χ3n) is 0.886. The van der Waals surface area contributed by atoms with Gasteiger partial charge in [-0.05, 0) is 6.92 Å². The van der Waals surface area contributed by atoms with Crippen LogP contribution in [0.3, 0.4) is 0 Å². The highest BCUT2D eigenvalue weighted by Crippen LogP contribution is 1.89. The summed E-state index contributed by atoms with van der Waals surface area (Å²) in [6.07, 6.45) is 6.51. The largest absolute Gasteiger partial charge is 0.246 e. The lowest BCUT2D eigenvalue weighted by Crippen LogP contribution is -1.80. The second kappa shape index (κ2) is 12.7. The van der Waals surface area contributed by atoms with E-state index in [1.807, 2.05) is 46.9 Å². The Kier molecular flexibility index (Phi) is 14.5. The van der Waals surface area contributed by atoms with Crippen molar-refractivity contribution in [3.05, 3.63) is 12.3 Å². The molecule has 1 aliphatic rings. The van der Waals surface area contributed by atoms with E-state index < -0.39 is 0 Å². The summed E-state index contributed by atoms with van der Waals surface area (Å²) in [6.45, 7) is 9.88. The average Bonchev–Trinajstić information content (AvgIpc) is 2.40. The van der Waals surface area contributed by atoms with Crippen LogP contribution in [0.1, 0.15) is 41.0 Å². The number of hydrogen-bond donors (Lipinski definition) is 0.